The minimum absolute atomic E-state index is 0.0474. The standard InChI is InChI=1S/C10H12N2O/c11-8-6-9(12-10(8)13)7-4-2-1-3-5-7/h1-5,8-9H,6,11H2,(H,12,13)/t8-,9+/m0/s1. The van der Waals surface area contributed by atoms with Gasteiger partial charge in [0.1, 0.15) is 0 Å². The van der Waals surface area contributed by atoms with Gasteiger partial charge in [-0.3, -0.25) is 4.79 Å². The van der Waals surface area contributed by atoms with E-state index in [4.69, 9.17) is 5.73 Å². The SMILES string of the molecule is N[C@H]1C[C@H](c2ccccc2)NC1=O. The van der Waals surface area contributed by atoms with Crippen LogP contribution in [0.4, 0.5) is 0 Å². The number of amides is 1. The largest absolute Gasteiger partial charge is 0.348 e. The van der Waals surface area contributed by atoms with Gasteiger partial charge in [0.15, 0.2) is 0 Å². The van der Waals surface area contributed by atoms with Crippen molar-refractivity contribution in [2.75, 3.05) is 0 Å². The molecule has 1 aromatic rings. The molecule has 2 rings (SSSR count). The summed E-state index contributed by atoms with van der Waals surface area (Å²) in [4.78, 5) is 11.1. The molecule has 1 heterocycles. The maximum atomic E-state index is 11.1. The first-order chi connectivity index (χ1) is 6.27. The van der Waals surface area contributed by atoms with Crippen molar-refractivity contribution in [2.24, 2.45) is 5.73 Å². The van der Waals surface area contributed by atoms with Gasteiger partial charge in [-0.2, -0.15) is 0 Å². The lowest BCUT2D eigenvalue weighted by Crippen LogP contribution is -2.30. The van der Waals surface area contributed by atoms with Crippen LogP contribution in [0, 0.1) is 0 Å². The van der Waals surface area contributed by atoms with Crippen LogP contribution in [0.3, 0.4) is 0 Å². The van der Waals surface area contributed by atoms with Crippen molar-refractivity contribution in [3.63, 3.8) is 0 Å². The van der Waals surface area contributed by atoms with E-state index in [9.17, 15) is 4.79 Å². The van der Waals surface area contributed by atoms with Crippen molar-refractivity contribution in [2.45, 2.75) is 18.5 Å². The number of benzene rings is 1. The summed E-state index contributed by atoms with van der Waals surface area (Å²) in [6.45, 7) is 0. The molecule has 0 aromatic heterocycles. The molecule has 0 unspecified atom stereocenters. The molecule has 1 amide bonds. The Balaban J connectivity index is 2.17. The average molecular weight is 176 g/mol. The molecular weight excluding hydrogens is 164 g/mol. The Bertz CT molecular complexity index is 310. The van der Waals surface area contributed by atoms with Crippen molar-refractivity contribution < 1.29 is 4.79 Å². The Kier molecular flexibility index (Phi) is 2.02. The average Bonchev–Trinajstić information content (AvgIpc) is 2.49. The first-order valence-electron chi connectivity index (χ1n) is 4.38. The maximum absolute atomic E-state index is 11.1. The van der Waals surface area contributed by atoms with Crippen LogP contribution in [0.1, 0.15) is 18.0 Å². The molecule has 0 aliphatic carbocycles. The van der Waals surface area contributed by atoms with Crippen LogP contribution in [-0.4, -0.2) is 11.9 Å². The minimum atomic E-state index is -0.342. The number of nitrogens with one attached hydrogen (secondary N) is 1. The Labute approximate surface area is 76.9 Å². The molecular formula is C10H12N2O. The minimum Gasteiger partial charge on any atom is -0.348 e. The molecule has 1 aliphatic rings. The van der Waals surface area contributed by atoms with Crippen LogP contribution in [0.25, 0.3) is 0 Å². The van der Waals surface area contributed by atoms with Crippen molar-refractivity contribution in [1.82, 2.24) is 5.32 Å². The molecule has 3 heteroatoms. The third-order valence-corrected chi connectivity index (χ3v) is 2.34. The van der Waals surface area contributed by atoms with Crippen LogP contribution in [-0.2, 0) is 4.79 Å². The van der Waals surface area contributed by atoms with Gasteiger partial charge in [0.05, 0.1) is 12.1 Å². The molecule has 0 radical (unpaired) electrons. The molecule has 3 N–H and O–H groups in total. The number of carbonyl (C=O) groups is 1. The highest BCUT2D eigenvalue weighted by Crippen LogP contribution is 2.22. The van der Waals surface area contributed by atoms with Crippen molar-refractivity contribution in [3.8, 4) is 0 Å². The highest BCUT2D eigenvalue weighted by atomic mass is 16.2. The molecule has 1 aliphatic heterocycles. The third kappa shape index (κ3) is 1.55. The van der Waals surface area contributed by atoms with Gasteiger partial charge < -0.3 is 11.1 Å². The van der Waals surface area contributed by atoms with Crippen molar-refractivity contribution in [3.05, 3.63) is 35.9 Å². The first kappa shape index (κ1) is 8.26. The summed E-state index contributed by atoms with van der Waals surface area (Å²) < 4.78 is 0. The number of hydrogen-bond donors (Lipinski definition) is 2. The van der Waals surface area contributed by atoms with Gasteiger partial charge in [0.2, 0.25) is 5.91 Å². The summed E-state index contributed by atoms with van der Waals surface area (Å²) in [6, 6.07) is 9.65. The van der Waals surface area contributed by atoms with Crippen LogP contribution >= 0.6 is 0 Å². The molecule has 1 fully saturated rings. The van der Waals surface area contributed by atoms with E-state index in [0.717, 1.165) is 5.56 Å². The fourth-order valence-electron chi connectivity index (χ4n) is 1.60. The molecule has 0 bridgehead atoms. The molecule has 1 saturated heterocycles. The van der Waals surface area contributed by atoms with E-state index < -0.39 is 0 Å². The predicted octanol–water partition coefficient (Wildman–Crippen LogP) is 0.575. The van der Waals surface area contributed by atoms with Gasteiger partial charge in [0.25, 0.3) is 0 Å². The quantitative estimate of drug-likeness (QED) is 0.657. The summed E-state index contributed by atoms with van der Waals surface area (Å²) in [6.07, 6.45) is 0.697. The monoisotopic (exact) mass is 176 g/mol. The summed E-state index contributed by atoms with van der Waals surface area (Å²) in [5.74, 6) is -0.0474. The summed E-state index contributed by atoms with van der Waals surface area (Å²) in [5, 5.41) is 2.86. The summed E-state index contributed by atoms with van der Waals surface area (Å²) in [5.41, 5.74) is 6.72. The fourth-order valence-corrected chi connectivity index (χ4v) is 1.60. The van der Waals surface area contributed by atoms with E-state index in [1.807, 2.05) is 30.3 Å². The van der Waals surface area contributed by atoms with Gasteiger partial charge in [-0.25, -0.2) is 0 Å². The molecule has 2 atom stereocenters. The maximum Gasteiger partial charge on any atom is 0.237 e. The van der Waals surface area contributed by atoms with E-state index in [-0.39, 0.29) is 18.0 Å². The van der Waals surface area contributed by atoms with Crippen molar-refractivity contribution >= 4 is 5.91 Å². The Morgan fingerprint density at radius 1 is 1.31 bits per heavy atom. The van der Waals surface area contributed by atoms with E-state index in [1.165, 1.54) is 0 Å². The smallest absolute Gasteiger partial charge is 0.237 e. The lowest BCUT2D eigenvalue weighted by molar-refractivity contribution is -0.120. The molecule has 0 saturated carbocycles. The van der Waals surface area contributed by atoms with Gasteiger partial charge in [-0.1, -0.05) is 30.3 Å². The Morgan fingerprint density at radius 3 is 2.54 bits per heavy atom. The van der Waals surface area contributed by atoms with Crippen LogP contribution in [0.2, 0.25) is 0 Å². The number of rotatable bonds is 1. The van der Waals surface area contributed by atoms with Crippen LogP contribution < -0.4 is 11.1 Å². The van der Waals surface area contributed by atoms with Crippen molar-refractivity contribution in [1.29, 1.82) is 0 Å². The molecule has 3 nitrogen and oxygen atoms in total. The lowest BCUT2D eigenvalue weighted by Gasteiger charge is -2.08. The van der Waals surface area contributed by atoms with Gasteiger partial charge in [0, 0.05) is 0 Å². The molecule has 0 spiro atoms. The van der Waals surface area contributed by atoms with E-state index in [1.54, 1.807) is 0 Å². The second-order valence-corrected chi connectivity index (χ2v) is 3.31. The van der Waals surface area contributed by atoms with E-state index in [0.29, 0.717) is 6.42 Å². The van der Waals surface area contributed by atoms with E-state index in [2.05, 4.69) is 5.32 Å². The zero-order chi connectivity index (χ0) is 9.26. The van der Waals surface area contributed by atoms with E-state index >= 15 is 0 Å². The Hall–Kier alpha value is -1.35. The normalized spacial score (nSPS) is 27.3. The van der Waals surface area contributed by atoms with Gasteiger partial charge >= 0.3 is 0 Å². The highest BCUT2D eigenvalue weighted by Gasteiger charge is 2.29. The number of carbonyl (C=O) groups excluding carboxylic acids is 1. The zero-order valence-corrected chi connectivity index (χ0v) is 7.23. The van der Waals surface area contributed by atoms with Gasteiger partial charge in [-0.05, 0) is 12.0 Å². The van der Waals surface area contributed by atoms with Gasteiger partial charge in [-0.15, -0.1) is 0 Å². The molecule has 13 heavy (non-hydrogen) atoms. The van der Waals surface area contributed by atoms with Crippen LogP contribution in [0.5, 0.6) is 0 Å². The first-order valence-corrected chi connectivity index (χ1v) is 4.38. The fraction of sp³-hybridized carbons (Fsp3) is 0.300. The Morgan fingerprint density at radius 2 is 2.00 bits per heavy atom. The molecule has 1 aromatic carbocycles. The summed E-state index contributed by atoms with van der Waals surface area (Å²) in [7, 11) is 0. The number of nitrogens with two attached hydrogens (primary N) is 1. The molecule has 68 valence electrons. The lowest BCUT2D eigenvalue weighted by atomic mass is 10.0. The number of hydrogen-bond acceptors (Lipinski definition) is 2. The summed E-state index contributed by atoms with van der Waals surface area (Å²) >= 11 is 0. The zero-order valence-electron chi connectivity index (χ0n) is 7.23. The predicted molar refractivity (Wildman–Crippen MR) is 49.9 cm³/mol. The highest BCUT2D eigenvalue weighted by molar-refractivity contribution is 5.84. The topological polar surface area (TPSA) is 55.1 Å². The second-order valence-electron chi connectivity index (χ2n) is 3.31. The second kappa shape index (κ2) is 3.18. The third-order valence-electron chi connectivity index (χ3n) is 2.34. The van der Waals surface area contributed by atoms with Crippen LogP contribution in [0.15, 0.2) is 30.3 Å².